The number of hydrogen-bond acceptors (Lipinski definition) is 2. The first-order valence-corrected chi connectivity index (χ1v) is 7.40. The molecule has 2 N–H and O–H groups in total. The molecule has 0 saturated heterocycles. The molecule has 0 aromatic heterocycles. The van der Waals surface area contributed by atoms with Crippen LogP contribution in [0.2, 0.25) is 0 Å². The topological polar surface area (TPSA) is 41.1 Å². The van der Waals surface area contributed by atoms with Crippen molar-refractivity contribution in [2.24, 2.45) is 0 Å². The van der Waals surface area contributed by atoms with Crippen molar-refractivity contribution in [3.8, 4) is 0 Å². The molecule has 0 fully saturated rings. The van der Waals surface area contributed by atoms with Crippen molar-refractivity contribution < 1.29 is 4.79 Å². The van der Waals surface area contributed by atoms with E-state index in [1.54, 1.807) is 0 Å². The van der Waals surface area contributed by atoms with Crippen molar-refractivity contribution in [3.05, 3.63) is 35.4 Å². The summed E-state index contributed by atoms with van der Waals surface area (Å²) in [7, 11) is 0. The summed E-state index contributed by atoms with van der Waals surface area (Å²) in [5.74, 6) is 0.0530. The molecular weight excluding hydrogens is 248 g/mol. The standard InChI is InChI=1S/C17H28N2O/c1-7-17(5,6)19-16(20)14(4)18-13(3)15-11-9-8-10-12(15)2/h8-11,13-14,18H,7H2,1-6H3,(H,19,20)/t13-,14?/m0/s1. The Bertz CT molecular complexity index is 454. The van der Waals surface area contributed by atoms with Crippen molar-refractivity contribution in [1.29, 1.82) is 0 Å². The van der Waals surface area contributed by atoms with Gasteiger partial charge < -0.3 is 5.32 Å². The van der Waals surface area contributed by atoms with E-state index in [-0.39, 0.29) is 23.5 Å². The van der Waals surface area contributed by atoms with Crippen LogP contribution in [0.4, 0.5) is 0 Å². The van der Waals surface area contributed by atoms with Crippen LogP contribution in [0.5, 0.6) is 0 Å². The Morgan fingerprint density at radius 1 is 1.25 bits per heavy atom. The molecule has 1 rings (SSSR count). The zero-order valence-electron chi connectivity index (χ0n) is 13.6. The van der Waals surface area contributed by atoms with E-state index < -0.39 is 0 Å². The van der Waals surface area contributed by atoms with Crippen LogP contribution in [0.3, 0.4) is 0 Å². The number of carbonyl (C=O) groups is 1. The number of rotatable bonds is 6. The summed E-state index contributed by atoms with van der Waals surface area (Å²) in [6, 6.07) is 8.21. The molecule has 112 valence electrons. The van der Waals surface area contributed by atoms with Crippen LogP contribution in [0.15, 0.2) is 24.3 Å². The molecule has 20 heavy (non-hydrogen) atoms. The Morgan fingerprint density at radius 2 is 1.85 bits per heavy atom. The normalized spacial score (nSPS) is 14.7. The average molecular weight is 276 g/mol. The fraction of sp³-hybridized carbons (Fsp3) is 0.588. The van der Waals surface area contributed by atoms with Gasteiger partial charge in [0, 0.05) is 11.6 Å². The highest BCUT2D eigenvalue weighted by Crippen LogP contribution is 2.17. The van der Waals surface area contributed by atoms with E-state index in [0.717, 1.165) is 6.42 Å². The van der Waals surface area contributed by atoms with E-state index in [2.05, 4.69) is 43.5 Å². The van der Waals surface area contributed by atoms with E-state index >= 15 is 0 Å². The van der Waals surface area contributed by atoms with Crippen LogP contribution in [-0.2, 0) is 4.79 Å². The molecule has 0 heterocycles. The predicted octanol–water partition coefficient (Wildman–Crippen LogP) is 3.34. The first-order chi connectivity index (χ1) is 9.26. The van der Waals surface area contributed by atoms with Crippen LogP contribution in [0.25, 0.3) is 0 Å². The van der Waals surface area contributed by atoms with Gasteiger partial charge in [0.2, 0.25) is 5.91 Å². The zero-order chi connectivity index (χ0) is 15.3. The lowest BCUT2D eigenvalue weighted by atomic mass is 10.0. The van der Waals surface area contributed by atoms with E-state index in [1.165, 1.54) is 11.1 Å². The van der Waals surface area contributed by atoms with Gasteiger partial charge in [-0.05, 0) is 52.2 Å². The molecule has 1 unspecified atom stereocenters. The molecule has 1 aromatic carbocycles. The second kappa shape index (κ2) is 6.89. The summed E-state index contributed by atoms with van der Waals surface area (Å²) < 4.78 is 0. The SMILES string of the molecule is CCC(C)(C)NC(=O)C(C)N[C@@H](C)c1ccccc1C. The minimum absolute atomic E-state index is 0.0530. The molecule has 0 spiro atoms. The second-order valence-electron chi connectivity index (χ2n) is 6.19. The van der Waals surface area contributed by atoms with Gasteiger partial charge in [0.05, 0.1) is 6.04 Å². The number of amides is 1. The fourth-order valence-corrected chi connectivity index (χ4v) is 2.14. The van der Waals surface area contributed by atoms with E-state index in [1.807, 2.05) is 32.9 Å². The van der Waals surface area contributed by atoms with Crippen LogP contribution < -0.4 is 10.6 Å². The van der Waals surface area contributed by atoms with Gasteiger partial charge in [0.1, 0.15) is 0 Å². The maximum absolute atomic E-state index is 12.2. The van der Waals surface area contributed by atoms with Crippen molar-refractivity contribution in [2.45, 2.75) is 65.6 Å². The van der Waals surface area contributed by atoms with E-state index in [9.17, 15) is 4.79 Å². The highest BCUT2D eigenvalue weighted by Gasteiger charge is 2.23. The Kier molecular flexibility index (Phi) is 5.75. The van der Waals surface area contributed by atoms with Gasteiger partial charge in [-0.1, -0.05) is 31.2 Å². The Hall–Kier alpha value is -1.35. The van der Waals surface area contributed by atoms with Gasteiger partial charge in [-0.25, -0.2) is 0 Å². The lowest BCUT2D eigenvalue weighted by Gasteiger charge is -2.28. The van der Waals surface area contributed by atoms with Crippen molar-refractivity contribution in [3.63, 3.8) is 0 Å². The quantitative estimate of drug-likeness (QED) is 0.836. The Balaban J connectivity index is 2.64. The summed E-state index contributed by atoms with van der Waals surface area (Å²) >= 11 is 0. The Morgan fingerprint density at radius 3 is 2.40 bits per heavy atom. The second-order valence-corrected chi connectivity index (χ2v) is 6.19. The molecule has 3 heteroatoms. The van der Waals surface area contributed by atoms with E-state index in [0.29, 0.717) is 0 Å². The maximum Gasteiger partial charge on any atom is 0.237 e. The summed E-state index contributed by atoms with van der Waals surface area (Å²) in [5, 5.41) is 6.45. The lowest BCUT2D eigenvalue weighted by Crippen LogP contribution is -2.51. The lowest BCUT2D eigenvalue weighted by molar-refractivity contribution is -0.124. The molecule has 0 aliphatic carbocycles. The molecule has 1 amide bonds. The zero-order valence-corrected chi connectivity index (χ0v) is 13.6. The van der Waals surface area contributed by atoms with Gasteiger partial charge in [-0.2, -0.15) is 0 Å². The highest BCUT2D eigenvalue weighted by molar-refractivity contribution is 5.82. The van der Waals surface area contributed by atoms with Gasteiger partial charge in [0.15, 0.2) is 0 Å². The highest BCUT2D eigenvalue weighted by atomic mass is 16.2. The monoisotopic (exact) mass is 276 g/mol. The fourth-order valence-electron chi connectivity index (χ4n) is 2.14. The van der Waals surface area contributed by atoms with Gasteiger partial charge in [0.25, 0.3) is 0 Å². The van der Waals surface area contributed by atoms with E-state index in [4.69, 9.17) is 0 Å². The predicted molar refractivity (Wildman–Crippen MR) is 84.7 cm³/mol. The van der Waals surface area contributed by atoms with Crippen molar-refractivity contribution >= 4 is 5.91 Å². The molecule has 0 aliphatic rings. The van der Waals surface area contributed by atoms with Crippen molar-refractivity contribution in [2.75, 3.05) is 0 Å². The summed E-state index contributed by atoms with van der Waals surface area (Å²) in [6.45, 7) is 12.3. The largest absolute Gasteiger partial charge is 0.350 e. The average Bonchev–Trinajstić information content (AvgIpc) is 2.38. The number of nitrogens with one attached hydrogen (secondary N) is 2. The van der Waals surface area contributed by atoms with Crippen LogP contribution in [-0.4, -0.2) is 17.5 Å². The Labute approximate surface area is 123 Å². The van der Waals surface area contributed by atoms with Crippen molar-refractivity contribution in [1.82, 2.24) is 10.6 Å². The summed E-state index contributed by atoms with van der Waals surface area (Å²) in [5.41, 5.74) is 2.33. The van der Waals surface area contributed by atoms with Gasteiger partial charge in [-0.3, -0.25) is 10.1 Å². The first-order valence-electron chi connectivity index (χ1n) is 7.40. The minimum atomic E-state index is -0.213. The molecule has 0 bridgehead atoms. The molecule has 0 saturated carbocycles. The van der Waals surface area contributed by atoms with Crippen LogP contribution in [0.1, 0.15) is 58.2 Å². The first kappa shape index (κ1) is 16.7. The third kappa shape index (κ3) is 4.64. The molecule has 2 atom stereocenters. The van der Waals surface area contributed by atoms with Gasteiger partial charge >= 0.3 is 0 Å². The number of carbonyl (C=O) groups excluding carboxylic acids is 1. The molecule has 0 radical (unpaired) electrons. The minimum Gasteiger partial charge on any atom is -0.350 e. The van der Waals surface area contributed by atoms with Crippen LogP contribution >= 0.6 is 0 Å². The molecular formula is C17H28N2O. The molecule has 1 aromatic rings. The summed E-state index contributed by atoms with van der Waals surface area (Å²) in [4.78, 5) is 12.2. The smallest absolute Gasteiger partial charge is 0.237 e. The molecule has 0 aliphatic heterocycles. The third-order valence-electron chi connectivity index (χ3n) is 3.89. The van der Waals surface area contributed by atoms with Crippen LogP contribution in [0, 0.1) is 6.92 Å². The number of aryl methyl sites for hydroxylation is 1. The van der Waals surface area contributed by atoms with Gasteiger partial charge in [-0.15, -0.1) is 0 Å². The third-order valence-corrected chi connectivity index (χ3v) is 3.89. The molecule has 3 nitrogen and oxygen atoms in total. The number of benzene rings is 1. The maximum atomic E-state index is 12.2. The number of hydrogen-bond donors (Lipinski definition) is 2. The summed E-state index contributed by atoms with van der Waals surface area (Å²) in [6.07, 6.45) is 0.915.